The zero-order valence-electron chi connectivity index (χ0n) is 7.77. The maximum Gasteiger partial charge on any atom is 0.224 e. The van der Waals surface area contributed by atoms with Crippen molar-refractivity contribution in [1.29, 1.82) is 0 Å². The van der Waals surface area contributed by atoms with E-state index in [0.717, 1.165) is 4.47 Å². The molecule has 0 fully saturated rings. The van der Waals surface area contributed by atoms with Gasteiger partial charge in [0.25, 0.3) is 0 Å². The molecule has 2 rings (SSSR count). The summed E-state index contributed by atoms with van der Waals surface area (Å²) in [7, 11) is 0. The van der Waals surface area contributed by atoms with Gasteiger partial charge in [0.2, 0.25) is 5.28 Å². The lowest BCUT2D eigenvalue weighted by molar-refractivity contribution is 1.18. The van der Waals surface area contributed by atoms with Gasteiger partial charge in [-0.25, -0.2) is 9.97 Å². The normalized spacial score (nSPS) is 8.93. The molecular formula is C10H9BrClN3. The van der Waals surface area contributed by atoms with E-state index in [4.69, 9.17) is 17.3 Å². The Labute approximate surface area is 101 Å². The Kier molecular flexibility index (Phi) is 5.07. The van der Waals surface area contributed by atoms with Crippen LogP contribution in [0.25, 0.3) is 0 Å². The molecule has 0 atom stereocenters. The second-order valence-electron chi connectivity index (χ2n) is 2.55. The highest BCUT2D eigenvalue weighted by Crippen LogP contribution is 2.05. The summed E-state index contributed by atoms with van der Waals surface area (Å²) in [4.78, 5) is 7.22. The van der Waals surface area contributed by atoms with Crippen molar-refractivity contribution in [3.8, 4) is 0 Å². The van der Waals surface area contributed by atoms with E-state index in [2.05, 4.69) is 25.9 Å². The van der Waals surface area contributed by atoms with Crippen molar-refractivity contribution in [2.24, 2.45) is 0 Å². The molecule has 0 spiro atoms. The van der Waals surface area contributed by atoms with E-state index in [0.29, 0.717) is 5.82 Å². The van der Waals surface area contributed by atoms with Gasteiger partial charge in [0.15, 0.2) is 0 Å². The number of halogens is 2. The smallest absolute Gasteiger partial charge is 0.224 e. The highest BCUT2D eigenvalue weighted by Gasteiger charge is 1.86. The highest BCUT2D eigenvalue weighted by molar-refractivity contribution is 9.10. The third kappa shape index (κ3) is 5.34. The minimum absolute atomic E-state index is 0.185. The zero-order valence-corrected chi connectivity index (χ0v) is 10.1. The molecule has 3 nitrogen and oxygen atoms in total. The maximum atomic E-state index is 5.34. The monoisotopic (exact) mass is 285 g/mol. The molecular weight excluding hydrogens is 277 g/mol. The molecule has 1 heterocycles. The van der Waals surface area contributed by atoms with Crippen LogP contribution in [-0.2, 0) is 0 Å². The topological polar surface area (TPSA) is 51.8 Å². The number of hydrogen-bond donors (Lipinski definition) is 1. The first-order valence-corrected chi connectivity index (χ1v) is 5.30. The molecule has 1 aromatic heterocycles. The van der Waals surface area contributed by atoms with Crippen LogP contribution in [0.5, 0.6) is 0 Å². The lowest BCUT2D eigenvalue weighted by Gasteiger charge is -1.87. The standard InChI is InChI=1S/C6H5Br.C4H4ClN3/c7-6-4-2-1-3-5-6;5-4-7-2-1-3(6)8-4/h1-5H;1-2H,(H2,6,7,8). The Morgan fingerprint density at radius 2 is 1.80 bits per heavy atom. The van der Waals surface area contributed by atoms with E-state index < -0.39 is 0 Å². The average Bonchev–Trinajstić information content (AvgIpc) is 2.19. The lowest BCUT2D eigenvalue weighted by Crippen LogP contribution is -1.89. The van der Waals surface area contributed by atoms with E-state index in [1.54, 1.807) is 6.07 Å². The first kappa shape index (κ1) is 11.9. The molecule has 0 aliphatic rings. The zero-order chi connectivity index (χ0) is 11.1. The average molecular weight is 287 g/mol. The number of nitrogens with two attached hydrogens (primary N) is 1. The number of anilines is 1. The van der Waals surface area contributed by atoms with Crippen LogP contribution in [0, 0.1) is 0 Å². The number of rotatable bonds is 0. The molecule has 15 heavy (non-hydrogen) atoms. The summed E-state index contributed by atoms with van der Waals surface area (Å²) in [5, 5.41) is 0.185. The molecule has 0 radical (unpaired) electrons. The lowest BCUT2D eigenvalue weighted by atomic mass is 10.4. The number of aromatic nitrogens is 2. The summed E-state index contributed by atoms with van der Waals surface area (Å²) < 4.78 is 1.13. The Hall–Kier alpha value is -1.13. The molecule has 2 N–H and O–H groups in total. The molecule has 0 aliphatic carbocycles. The SMILES string of the molecule is Brc1ccccc1.Nc1ccnc(Cl)n1. The van der Waals surface area contributed by atoms with Crippen LogP contribution in [0.3, 0.4) is 0 Å². The van der Waals surface area contributed by atoms with E-state index >= 15 is 0 Å². The van der Waals surface area contributed by atoms with Gasteiger partial charge in [-0.15, -0.1) is 0 Å². The Morgan fingerprint density at radius 1 is 1.13 bits per heavy atom. The van der Waals surface area contributed by atoms with E-state index in [-0.39, 0.29) is 5.28 Å². The third-order valence-corrected chi connectivity index (χ3v) is 2.09. The molecule has 0 bridgehead atoms. The van der Waals surface area contributed by atoms with Crippen molar-refractivity contribution in [3.05, 3.63) is 52.4 Å². The number of nitrogens with zero attached hydrogens (tertiary/aromatic N) is 2. The van der Waals surface area contributed by atoms with Gasteiger partial charge in [-0.3, -0.25) is 0 Å². The van der Waals surface area contributed by atoms with E-state index in [9.17, 15) is 0 Å². The molecule has 1 aromatic carbocycles. The largest absolute Gasteiger partial charge is 0.384 e. The Balaban J connectivity index is 0.000000151. The summed E-state index contributed by atoms with van der Waals surface area (Å²) >= 11 is 8.65. The van der Waals surface area contributed by atoms with Crippen molar-refractivity contribution >= 4 is 33.3 Å². The molecule has 5 heteroatoms. The second kappa shape index (κ2) is 6.37. The van der Waals surface area contributed by atoms with Gasteiger partial charge in [0, 0.05) is 10.7 Å². The van der Waals surface area contributed by atoms with Crippen molar-refractivity contribution < 1.29 is 0 Å². The summed E-state index contributed by atoms with van der Waals surface area (Å²) in [5.41, 5.74) is 5.22. The number of nitrogen functional groups attached to an aromatic ring is 1. The van der Waals surface area contributed by atoms with Crippen molar-refractivity contribution in [2.45, 2.75) is 0 Å². The molecule has 0 amide bonds. The van der Waals surface area contributed by atoms with Crippen molar-refractivity contribution in [3.63, 3.8) is 0 Å². The van der Waals surface area contributed by atoms with Crippen LogP contribution < -0.4 is 5.73 Å². The minimum Gasteiger partial charge on any atom is -0.384 e. The van der Waals surface area contributed by atoms with Crippen molar-refractivity contribution in [1.82, 2.24) is 9.97 Å². The predicted octanol–water partition coefficient (Wildman–Crippen LogP) is 3.16. The quantitative estimate of drug-likeness (QED) is 0.757. The van der Waals surface area contributed by atoms with Gasteiger partial charge in [-0.1, -0.05) is 34.1 Å². The van der Waals surface area contributed by atoms with Crippen LogP contribution in [0.2, 0.25) is 5.28 Å². The van der Waals surface area contributed by atoms with Gasteiger partial charge in [0.05, 0.1) is 0 Å². The molecule has 0 aliphatic heterocycles. The van der Waals surface area contributed by atoms with Crippen molar-refractivity contribution in [2.75, 3.05) is 5.73 Å². The van der Waals surface area contributed by atoms with E-state index in [1.165, 1.54) is 6.20 Å². The fourth-order valence-corrected chi connectivity index (χ4v) is 1.22. The fourth-order valence-electron chi connectivity index (χ4n) is 0.762. The van der Waals surface area contributed by atoms with Crippen LogP contribution >= 0.6 is 27.5 Å². The Bertz CT molecular complexity index is 391. The first-order chi connectivity index (χ1) is 7.18. The van der Waals surface area contributed by atoms with Gasteiger partial charge < -0.3 is 5.73 Å². The first-order valence-electron chi connectivity index (χ1n) is 4.13. The summed E-state index contributed by atoms with van der Waals surface area (Å²) in [5.74, 6) is 0.394. The van der Waals surface area contributed by atoms with Gasteiger partial charge in [0.1, 0.15) is 5.82 Å². The predicted molar refractivity (Wildman–Crippen MR) is 65.6 cm³/mol. The van der Waals surface area contributed by atoms with Crippen LogP contribution in [0.15, 0.2) is 47.1 Å². The highest BCUT2D eigenvalue weighted by atomic mass is 79.9. The minimum atomic E-state index is 0.185. The number of hydrogen-bond acceptors (Lipinski definition) is 3. The summed E-state index contributed by atoms with van der Waals surface area (Å²) in [6.45, 7) is 0. The molecule has 0 saturated heterocycles. The van der Waals surface area contributed by atoms with Gasteiger partial charge in [-0.05, 0) is 29.8 Å². The summed E-state index contributed by atoms with van der Waals surface area (Å²) in [6.07, 6.45) is 1.50. The molecule has 0 unspecified atom stereocenters. The van der Waals surface area contributed by atoms with Crippen LogP contribution in [0.1, 0.15) is 0 Å². The van der Waals surface area contributed by atoms with Gasteiger partial charge in [-0.2, -0.15) is 0 Å². The number of benzene rings is 1. The Morgan fingerprint density at radius 3 is 2.13 bits per heavy atom. The molecule has 2 aromatic rings. The van der Waals surface area contributed by atoms with Crippen LogP contribution in [-0.4, -0.2) is 9.97 Å². The van der Waals surface area contributed by atoms with E-state index in [1.807, 2.05) is 30.3 Å². The fraction of sp³-hybridized carbons (Fsp3) is 0. The summed E-state index contributed by atoms with van der Waals surface area (Å²) in [6, 6.07) is 11.5. The maximum absolute atomic E-state index is 5.34. The van der Waals surface area contributed by atoms with Crippen LogP contribution in [0.4, 0.5) is 5.82 Å². The molecule has 78 valence electrons. The third-order valence-electron chi connectivity index (χ3n) is 1.38. The second-order valence-corrected chi connectivity index (χ2v) is 3.80. The van der Waals surface area contributed by atoms with Gasteiger partial charge >= 0.3 is 0 Å². The molecule has 0 saturated carbocycles.